The zero-order valence-electron chi connectivity index (χ0n) is 24.2. The molecule has 0 unspecified atom stereocenters. The van der Waals surface area contributed by atoms with Crippen molar-refractivity contribution >= 4 is 27.5 Å². The normalized spacial score (nSPS) is 16.7. The fourth-order valence-electron chi connectivity index (χ4n) is 5.31. The van der Waals surface area contributed by atoms with E-state index in [1.807, 2.05) is 55.5 Å². The van der Waals surface area contributed by atoms with E-state index in [9.17, 15) is 13.2 Å². The molecule has 0 radical (unpaired) electrons. The lowest BCUT2D eigenvalue weighted by molar-refractivity contribution is -0.112. The van der Waals surface area contributed by atoms with Crippen LogP contribution in [0.1, 0.15) is 42.9 Å². The van der Waals surface area contributed by atoms with Gasteiger partial charge in [-0.3, -0.25) is 9.69 Å². The van der Waals surface area contributed by atoms with E-state index in [1.165, 1.54) is 0 Å². The molecule has 0 aromatic heterocycles. The quantitative estimate of drug-likeness (QED) is 0.335. The first-order valence-electron chi connectivity index (χ1n) is 14.4. The van der Waals surface area contributed by atoms with Crippen molar-refractivity contribution in [1.29, 1.82) is 0 Å². The highest BCUT2D eigenvalue weighted by atomic mass is 32.2. The van der Waals surface area contributed by atoms with Crippen molar-refractivity contribution in [2.24, 2.45) is 0 Å². The maximum Gasteiger partial charge on any atom is 0.251 e. The summed E-state index contributed by atoms with van der Waals surface area (Å²) >= 11 is 0. The van der Waals surface area contributed by atoms with E-state index in [1.54, 1.807) is 24.3 Å². The van der Waals surface area contributed by atoms with Crippen LogP contribution in [0.15, 0.2) is 77.2 Å². The number of amides is 1. The summed E-state index contributed by atoms with van der Waals surface area (Å²) in [6.07, 6.45) is 3.86. The molecule has 8 nitrogen and oxygen atoms in total. The van der Waals surface area contributed by atoms with Crippen molar-refractivity contribution < 1.29 is 27.4 Å². The molecule has 1 fully saturated rings. The second-order valence-corrected chi connectivity index (χ2v) is 12.8. The van der Waals surface area contributed by atoms with Crippen LogP contribution < -0.4 is 14.8 Å². The smallest absolute Gasteiger partial charge is 0.251 e. The minimum atomic E-state index is -3.56. The second kappa shape index (κ2) is 13.5. The molecule has 3 aromatic rings. The molecule has 0 aliphatic carbocycles. The Kier molecular flexibility index (Phi) is 9.62. The van der Waals surface area contributed by atoms with Crippen LogP contribution >= 0.6 is 0 Å². The van der Waals surface area contributed by atoms with Gasteiger partial charge in [0.1, 0.15) is 18.1 Å². The van der Waals surface area contributed by atoms with Crippen molar-refractivity contribution in [2.45, 2.75) is 50.3 Å². The molecular weight excluding hydrogens is 552 g/mol. The molecule has 1 N–H and O–H groups in total. The number of fused-ring (bicyclic) bond motifs is 1. The molecule has 0 atom stereocenters. The number of nitrogens with one attached hydrogen (secondary N) is 1. The Labute approximate surface area is 248 Å². The molecule has 222 valence electrons. The van der Waals surface area contributed by atoms with Crippen molar-refractivity contribution in [1.82, 2.24) is 4.90 Å². The number of carbonyl (C=O) groups is 1. The van der Waals surface area contributed by atoms with Gasteiger partial charge in [-0.25, -0.2) is 8.42 Å². The molecular formula is C33H38N2O6S. The number of hydrogen-bond acceptors (Lipinski definition) is 7. The van der Waals surface area contributed by atoms with Gasteiger partial charge in [0.05, 0.1) is 17.3 Å². The highest BCUT2D eigenvalue weighted by molar-refractivity contribution is 7.91. The van der Waals surface area contributed by atoms with Gasteiger partial charge in [-0.05, 0) is 98.5 Å². The van der Waals surface area contributed by atoms with E-state index in [0.29, 0.717) is 41.8 Å². The van der Waals surface area contributed by atoms with Gasteiger partial charge in [0.2, 0.25) is 0 Å². The van der Waals surface area contributed by atoms with Gasteiger partial charge in [0.15, 0.2) is 9.84 Å². The van der Waals surface area contributed by atoms with E-state index in [2.05, 4.69) is 17.3 Å². The third-order valence-electron chi connectivity index (χ3n) is 7.65. The van der Waals surface area contributed by atoms with Crippen LogP contribution in [-0.2, 0) is 32.5 Å². The summed E-state index contributed by atoms with van der Waals surface area (Å²) in [7, 11) is -1.43. The first-order valence-corrected chi connectivity index (χ1v) is 16.1. The molecule has 1 amide bonds. The van der Waals surface area contributed by atoms with Crippen LogP contribution in [0.25, 0.3) is 6.08 Å². The average Bonchev–Trinajstić information content (AvgIpc) is 3.13. The topological polar surface area (TPSA) is 94.2 Å². The summed E-state index contributed by atoms with van der Waals surface area (Å²) in [6, 6.07) is 20.9. The highest BCUT2D eigenvalue weighted by Gasteiger charge is 2.25. The number of anilines is 1. The second-order valence-electron chi connectivity index (χ2n) is 10.7. The molecule has 5 rings (SSSR count). The number of rotatable bonds is 10. The Morgan fingerprint density at radius 1 is 0.976 bits per heavy atom. The van der Waals surface area contributed by atoms with Crippen molar-refractivity contribution in [2.75, 3.05) is 37.9 Å². The average molecular weight is 591 g/mol. The largest absolute Gasteiger partial charge is 0.494 e. The van der Waals surface area contributed by atoms with Gasteiger partial charge in [0.25, 0.3) is 5.91 Å². The first-order chi connectivity index (χ1) is 20.3. The van der Waals surface area contributed by atoms with Crippen molar-refractivity contribution in [3.8, 4) is 11.5 Å². The number of nitrogens with zero attached hydrogens (tertiary/aromatic N) is 1. The third-order valence-corrected chi connectivity index (χ3v) is 9.43. The van der Waals surface area contributed by atoms with Crippen molar-refractivity contribution in [3.63, 3.8) is 0 Å². The number of benzene rings is 3. The molecule has 0 spiro atoms. The van der Waals surface area contributed by atoms with Gasteiger partial charge < -0.3 is 19.5 Å². The van der Waals surface area contributed by atoms with Crippen LogP contribution in [0.4, 0.5) is 5.69 Å². The molecule has 2 aliphatic rings. The van der Waals surface area contributed by atoms with Crippen LogP contribution in [0.2, 0.25) is 0 Å². The predicted molar refractivity (Wildman–Crippen MR) is 163 cm³/mol. The Bertz CT molecular complexity index is 1530. The fourth-order valence-corrected chi connectivity index (χ4v) is 6.77. The van der Waals surface area contributed by atoms with Gasteiger partial charge in [-0.2, -0.15) is 0 Å². The van der Waals surface area contributed by atoms with Crippen LogP contribution in [-0.4, -0.2) is 57.9 Å². The maximum atomic E-state index is 13.3. The molecule has 2 heterocycles. The summed E-state index contributed by atoms with van der Waals surface area (Å²) in [5.41, 5.74) is 3.61. The monoisotopic (exact) mass is 590 g/mol. The Morgan fingerprint density at radius 2 is 1.74 bits per heavy atom. The fraction of sp³-hybridized carbons (Fsp3) is 0.364. The van der Waals surface area contributed by atoms with Gasteiger partial charge >= 0.3 is 0 Å². The van der Waals surface area contributed by atoms with Crippen LogP contribution in [0.5, 0.6) is 11.5 Å². The summed E-state index contributed by atoms with van der Waals surface area (Å²) in [6.45, 7) is 5.23. The lowest BCUT2D eigenvalue weighted by Crippen LogP contribution is -2.36. The molecule has 42 heavy (non-hydrogen) atoms. The molecule has 2 aliphatic heterocycles. The van der Waals surface area contributed by atoms with Gasteiger partial charge in [-0.15, -0.1) is 0 Å². The number of ether oxygens (including phenoxy) is 3. The lowest BCUT2D eigenvalue weighted by Gasteiger charge is -2.31. The molecule has 3 aromatic carbocycles. The predicted octanol–water partition coefficient (Wildman–Crippen LogP) is 5.47. The lowest BCUT2D eigenvalue weighted by atomic mass is 10.1. The Hall–Kier alpha value is -3.66. The van der Waals surface area contributed by atoms with E-state index < -0.39 is 9.84 Å². The van der Waals surface area contributed by atoms with E-state index >= 15 is 0 Å². The molecule has 0 bridgehead atoms. The summed E-state index contributed by atoms with van der Waals surface area (Å²) < 4.78 is 43.0. The zero-order valence-corrected chi connectivity index (χ0v) is 25.0. The zero-order chi connectivity index (χ0) is 29.5. The standard InChI is InChI=1S/C33H38N2O6S/c1-3-40-30-6-4-5-25(19-30)23-41-31-11-12-32-27(21-31)20-26(15-18-42(32,37)38)33(36)34-28-9-7-24(8-10-28)22-35(2)29-13-16-39-17-14-29/h4-12,19-21,29H,3,13-18,22-23H2,1-2H3,(H,34,36). The number of hydrogen-bond donors (Lipinski definition) is 1. The molecule has 0 saturated carbocycles. The molecule has 9 heteroatoms. The van der Waals surface area contributed by atoms with Gasteiger partial charge in [0, 0.05) is 37.1 Å². The minimum absolute atomic E-state index is 0.122. The summed E-state index contributed by atoms with van der Waals surface area (Å²) in [5.74, 6) is 0.831. The first kappa shape index (κ1) is 29.8. The SMILES string of the molecule is CCOc1cccc(COc2ccc3c(c2)C=C(C(=O)Nc2ccc(CN(C)C4CCOCC4)cc2)CCS3(=O)=O)c1. The van der Waals surface area contributed by atoms with E-state index in [0.717, 1.165) is 49.5 Å². The van der Waals surface area contributed by atoms with Crippen molar-refractivity contribution in [3.05, 3.63) is 89.0 Å². The van der Waals surface area contributed by atoms with Crippen LogP contribution in [0, 0.1) is 0 Å². The Balaban J connectivity index is 1.26. The number of carbonyl (C=O) groups excluding carboxylic acids is 1. The third kappa shape index (κ3) is 7.59. The highest BCUT2D eigenvalue weighted by Crippen LogP contribution is 2.30. The van der Waals surface area contributed by atoms with Crippen LogP contribution in [0.3, 0.4) is 0 Å². The number of sulfone groups is 1. The van der Waals surface area contributed by atoms with Gasteiger partial charge in [-0.1, -0.05) is 24.3 Å². The van der Waals surface area contributed by atoms with E-state index in [-0.39, 0.29) is 23.0 Å². The maximum absolute atomic E-state index is 13.3. The Morgan fingerprint density at radius 3 is 2.50 bits per heavy atom. The minimum Gasteiger partial charge on any atom is -0.494 e. The summed E-state index contributed by atoms with van der Waals surface area (Å²) in [4.78, 5) is 15.8. The van der Waals surface area contributed by atoms with E-state index in [4.69, 9.17) is 14.2 Å². The summed E-state index contributed by atoms with van der Waals surface area (Å²) in [5, 5.41) is 2.94. The molecule has 1 saturated heterocycles.